The molecule has 96 valence electrons. The van der Waals surface area contributed by atoms with Crippen LogP contribution in [0.3, 0.4) is 0 Å². The Bertz CT molecular complexity index is 700. The van der Waals surface area contributed by atoms with Crippen LogP contribution in [0.25, 0.3) is 10.1 Å². The Balaban J connectivity index is 1.78. The second kappa shape index (κ2) is 5.24. The Morgan fingerprint density at radius 3 is 2.63 bits per heavy atom. The van der Waals surface area contributed by atoms with Crippen LogP contribution in [0, 0.1) is 6.92 Å². The van der Waals surface area contributed by atoms with E-state index in [2.05, 4.69) is 31.2 Å². The Hall–Kier alpha value is -1.51. The Kier molecular flexibility index (Phi) is 3.45. The van der Waals surface area contributed by atoms with E-state index in [1.54, 1.807) is 11.3 Å². The van der Waals surface area contributed by atoms with Crippen molar-refractivity contribution in [2.24, 2.45) is 0 Å². The summed E-state index contributed by atoms with van der Waals surface area (Å²) in [6.07, 6.45) is 0. The average Bonchev–Trinajstić information content (AvgIpc) is 2.83. The van der Waals surface area contributed by atoms with Gasteiger partial charge in [0.15, 0.2) is 0 Å². The molecule has 0 radical (unpaired) electrons. The third-order valence-electron chi connectivity index (χ3n) is 2.96. The summed E-state index contributed by atoms with van der Waals surface area (Å²) in [6.45, 7) is 2.65. The van der Waals surface area contributed by atoms with Gasteiger partial charge in [0.05, 0.1) is 0 Å². The highest BCUT2D eigenvalue weighted by Crippen LogP contribution is 2.31. The van der Waals surface area contributed by atoms with E-state index in [9.17, 15) is 0 Å². The van der Waals surface area contributed by atoms with Crippen molar-refractivity contribution in [1.29, 1.82) is 0 Å². The number of thiophene rings is 1. The summed E-state index contributed by atoms with van der Waals surface area (Å²) in [5.41, 5.74) is 1.24. The summed E-state index contributed by atoms with van der Waals surface area (Å²) in [5.74, 6) is 0.897. The monoisotopic (exact) mass is 288 g/mol. The van der Waals surface area contributed by atoms with Crippen LogP contribution in [0.1, 0.15) is 10.4 Å². The van der Waals surface area contributed by atoms with E-state index in [0.29, 0.717) is 6.61 Å². The summed E-state index contributed by atoms with van der Waals surface area (Å²) >= 11 is 7.90. The molecular formula is C16H13ClOS. The van der Waals surface area contributed by atoms with Crippen molar-refractivity contribution in [2.45, 2.75) is 13.5 Å². The summed E-state index contributed by atoms with van der Waals surface area (Å²) < 4.78 is 6.99. The molecule has 3 heteroatoms. The first-order valence-electron chi connectivity index (χ1n) is 6.09. The van der Waals surface area contributed by atoms with Gasteiger partial charge in [0.25, 0.3) is 0 Å². The molecule has 1 aromatic heterocycles. The van der Waals surface area contributed by atoms with Gasteiger partial charge in [-0.05, 0) is 37.3 Å². The van der Waals surface area contributed by atoms with Crippen LogP contribution in [0.2, 0.25) is 5.02 Å². The molecule has 0 bridgehead atoms. The maximum absolute atomic E-state index is 6.17. The molecule has 3 rings (SSSR count). The van der Waals surface area contributed by atoms with Gasteiger partial charge < -0.3 is 4.74 Å². The van der Waals surface area contributed by atoms with Gasteiger partial charge in [-0.15, -0.1) is 11.3 Å². The predicted octanol–water partition coefficient (Wildman–Crippen LogP) is 5.44. The highest BCUT2D eigenvalue weighted by Gasteiger charge is 2.05. The molecule has 0 spiro atoms. The van der Waals surface area contributed by atoms with Crippen molar-refractivity contribution in [3.63, 3.8) is 0 Å². The summed E-state index contributed by atoms with van der Waals surface area (Å²) in [7, 11) is 0. The number of benzene rings is 2. The van der Waals surface area contributed by atoms with Crippen molar-refractivity contribution in [3.05, 3.63) is 64.0 Å². The summed E-state index contributed by atoms with van der Waals surface area (Å²) in [5, 5.41) is 1.91. The third kappa shape index (κ3) is 2.75. The Labute approximate surface area is 121 Å². The van der Waals surface area contributed by atoms with Crippen molar-refractivity contribution < 1.29 is 4.74 Å². The van der Waals surface area contributed by atoms with E-state index >= 15 is 0 Å². The lowest BCUT2D eigenvalue weighted by Crippen LogP contribution is -1.92. The second-order valence-electron chi connectivity index (χ2n) is 4.47. The zero-order chi connectivity index (χ0) is 13.2. The molecule has 0 fully saturated rings. The van der Waals surface area contributed by atoms with Gasteiger partial charge >= 0.3 is 0 Å². The van der Waals surface area contributed by atoms with Gasteiger partial charge in [0.2, 0.25) is 0 Å². The van der Waals surface area contributed by atoms with Crippen molar-refractivity contribution in [3.8, 4) is 5.75 Å². The third-order valence-corrected chi connectivity index (χ3v) is 4.36. The lowest BCUT2D eigenvalue weighted by atomic mass is 10.2. The number of hydrogen-bond donors (Lipinski definition) is 0. The Morgan fingerprint density at radius 2 is 1.89 bits per heavy atom. The fourth-order valence-corrected chi connectivity index (χ4v) is 3.23. The van der Waals surface area contributed by atoms with Crippen LogP contribution < -0.4 is 4.74 Å². The highest BCUT2D eigenvalue weighted by molar-refractivity contribution is 7.19. The van der Waals surface area contributed by atoms with Crippen LogP contribution in [0.4, 0.5) is 0 Å². The van der Waals surface area contributed by atoms with Gasteiger partial charge in [0.1, 0.15) is 12.4 Å². The SMILES string of the molecule is Cc1ccc(OCc2cc3c(Cl)cccc3s2)cc1. The fraction of sp³-hybridized carbons (Fsp3) is 0.125. The zero-order valence-corrected chi connectivity index (χ0v) is 12.1. The van der Waals surface area contributed by atoms with Gasteiger partial charge in [0, 0.05) is 20.0 Å². The van der Waals surface area contributed by atoms with Crippen LogP contribution in [-0.2, 0) is 6.61 Å². The summed E-state index contributed by atoms with van der Waals surface area (Å²) in [4.78, 5) is 1.18. The van der Waals surface area contributed by atoms with E-state index in [1.165, 1.54) is 15.1 Å². The van der Waals surface area contributed by atoms with Crippen molar-refractivity contribution in [2.75, 3.05) is 0 Å². The van der Waals surface area contributed by atoms with Crippen LogP contribution in [0.15, 0.2) is 48.5 Å². The van der Waals surface area contributed by atoms with E-state index in [4.69, 9.17) is 16.3 Å². The van der Waals surface area contributed by atoms with E-state index in [1.807, 2.05) is 24.3 Å². The second-order valence-corrected chi connectivity index (χ2v) is 6.04. The van der Waals surface area contributed by atoms with Gasteiger partial charge in [-0.1, -0.05) is 35.4 Å². The van der Waals surface area contributed by atoms with Crippen LogP contribution in [0.5, 0.6) is 5.75 Å². The molecule has 0 aliphatic rings. The Morgan fingerprint density at radius 1 is 1.11 bits per heavy atom. The number of rotatable bonds is 3. The van der Waals surface area contributed by atoms with Gasteiger partial charge in [-0.25, -0.2) is 0 Å². The molecule has 0 aliphatic carbocycles. The number of halogens is 1. The minimum Gasteiger partial charge on any atom is -0.488 e. The molecule has 0 saturated carbocycles. The van der Waals surface area contributed by atoms with Crippen molar-refractivity contribution in [1.82, 2.24) is 0 Å². The zero-order valence-electron chi connectivity index (χ0n) is 10.5. The molecule has 19 heavy (non-hydrogen) atoms. The molecule has 2 aromatic carbocycles. The van der Waals surface area contributed by atoms with Gasteiger partial charge in [-0.3, -0.25) is 0 Å². The number of fused-ring (bicyclic) bond motifs is 1. The molecule has 0 aliphatic heterocycles. The lowest BCUT2D eigenvalue weighted by molar-refractivity contribution is 0.310. The topological polar surface area (TPSA) is 9.23 Å². The molecular weight excluding hydrogens is 276 g/mol. The molecule has 0 unspecified atom stereocenters. The largest absolute Gasteiger partial charge is 0.488 e. The highest BCUT2D eigenvalue weighted by atomic mass is 35.5. The van der Waals surface area contributed by atoms with Crippen molar-refractivity contribution >= 4 is 33.0 Å². The smallest absolute Gasteiger partial charge is 0.122 e. The predicted molar refractivity (Wildman–Crippen MR) is 82.3 cm³/mol. The quantitative estimate of drug-likeness (QED) is 0.623. The normalized spacial score (nSPS) is 10.8. The minimum atomic E-state index is 0.582. The first-order valence-corrected chi connectivity index (χ1v) is 7.28. The first-order chi connectivity index (χ1) is 9.22. The molecule has 0 amide bonds. The van der Waals surface area contributed by atoms with Gasteiger partial charge in [-0.2, -0.15) is 0 Å². The molecule has 0 atom stereocenters. The average molecular weight is 289 g/mol. The molecule has 0 saturated heterocycles. The molecule has 1 heterocycles. The maximum Gasteiger partial charge on any atom is 0.122 e. The number of hydrogen-bond acceptors (Lipinski definition) is 2. The van der Waals surface area contributed by atoms with E-state index < -0.39 is 0 Å². The minimum absolute atomic E-state index is 0.582. The van der Waals surface area contributed by atoms with Crippen LogP contribution in [-0.4, -0.2) is 0 Å². The fourth-order valence-electron chi connectivity index (χ4n) is 1.94. The van der Waals surface area contributed by atoms with Crippen LogP contribution >= 0.6 is 22.9 Å². The number of ether oxygens (including phenoxy) is 1. The lowest BCUT2D eigenvalue weighted by Gasteiger charge is -2.04. The first kappa shape index (κ1) is 12.5. The molecule has 3 aromatic rings. The molecule has 0 N–H and O–H groups in total. The molecule has 1 nitrogen and oxygen atoms in total. The standard InChI is InChI=1S/C16H13ClOS/c1-11-5-7-12(8-6-11)18-10-13-9-14-15(17)3-2-4-16(14)19-13/h2-9H,10H2,1H3. The van der Waals surface area contributed by atoms with E-state index in [0.717, 1.165) is 16.2 Å². The summed E-state index contributed by atoms with van der Waals surface area (Å²) in [6, 6.07) is 16.2. The number of aryl methyl sites for hydroxylation is 1. The van der Waals surface area contributed by atoms with E-state index in [-0.39, 0.29) is 0 Å². The maximum atomic E-state index is 6.17.